The summed E-state index contributed by atoms with van der Waals surface area (Å²) in [6.45, 7) is 9.18. The second-order valence-corrected chi connectivity index (χ2v) is 13.1. The van der Waals surface area contributed by atoms with E-state index in [9.17, 15) is 34.5 Å². The van der Waals surface area contributed by atoms with Crippen molar-refractivity contribution in [2.75, 3.05) is 20.2 Å². The molecule has 0 bridgehead atoms. The third-order valence-electron chi connectivity index (χ3n) is 7.56. The van der Waals surface area contributed by atoms with Gasteiger partial charge in [-0.1, -0.05) is 26.0 Å². The molecule has 1 aromatic heterocycles. The van der Waals surface area contributed by atoms with E-state index in [0.29, 0.717) is 24.2 Å². The van der Waals surface area contributed by atoms with E-state index in [1.54, 1.807) is 45.0 Å². The van der Waals surface area contributed by atoms with Crippen LogP contribution < -0.4 is 32.4 Å². The third-order valence-corrected chi connectivity index (χ3v) is 7.56. The number of aliphatic hydroxyl groups excluding tert-OH is 3. The predicted molar refractivity (Wildman–Crippen MR) is 172 cm³/mol. The van der Waals surface area contributed by atoms with Crippen LogP contribution in [0.1, 0.15) is 59.3 Å². The van der Waals surface area contributed by atoms with Crippen LogP contribution >= 0.6 is 0 Å². The molecule has 15 heteroatoms. The molecule has 0 aliphatic carbocycles. The van der Waals surface area contributed by atoms with E-state index in [1.807, 2.05) is 13.8 Å². The second kappa shape index (κ2) is 16.5. The molecular weight excluding hydrogens is 614 g/mol. The molecule has 0 radical (unpaired) electrons. The largest absolute Gasteiger partial charge is 0.497 e. The maximum atomic E-state index is 13.4. The van der Waals surface area contributed by atoms with Gasteiger partial charge in [-0.2, -0.15) is 0 Å². The molecule has 3 rings (SSSR count). The Balaban J connectivity index is 1.76. The van der Waals surface area contributed by atoms with Crippen LogP contribution in [0, 0.1) is 5.92 Å². The number of aliphatic hydroxyl groups is 3. The summed E-state index contributed by atoms with van der Waals surface area (Å²) in [6, 6.07) is 5.81. The summed E-state index contributed by atoms with van der Waals surface area (Å²) < 4.78 is 18.4. The number of carbonyl (C=O) groups is 2. The zero-order valence-electron chi connectivity index (χ0n) is 27.8. The number of esters is 1. The van der Waals surface area contributed by atoms with Gasteiger partial charge in [0.1, 0.15) is 41.8 Å². The van der Waals surface area contributed by atoms with Gasteiger partial charge in [-0.3, -0.25) is 23.5 Å². The lowest BCUT2D eigenvalue weighted by molar-refractivity contribution is -0.166. The number of hydrogen-bond donors (Lipinski definition) is 6. The number of aromatic nitrogens is 2. The Bertz CT molecular complexity index is 1450. The minimum atomic E-state index is -1.74. The van der Waals surface area contributed by atoms with Crippen molar-refractivity contribution in [3.8, 4) is 5.75 Å². The average Bonchev–Trinajstić information content (AvgIpc) is 3.29. The number of carbonyl (C=O) groups excluding carboxylic acids is 2. The summed E-state index contributed by atoms with van der Waals surface area (Å²) in [6.07, 6.45) is -6.18. The van der Waals surface area contributed by atoms with Crippen molar-refractivity contribution in [1.29, 1.82) is 0 Å². The number of benzene rings is 1. The molecule has 0 saturated carbocycles. The third kappa shape index (κ3) is 10.2. The number of methoxy groups -OCH3 is 1. The summed E-state index contributed by atoms with van der Waals surface area (Å²) in [7, 11) is 1.51. The molecule has 262 valence electrons. The first-order valence-corrected chi connectivity index (χ1v) is 15.7. The van der Waals surface area contributed by atoms with Gasteiger partial charge in [-0.05, 0) is 63.8 Å². The first-order chi connectivity index (χ1) is 22.0. The molecule has 1 amide bonds. The van der Waals surface area contributed by atoms with Crippen LogP contribution in [-0.4, -0.2) is 98.6 Å². The Hall–Kier alpha value is -3.60. The van der Waals surface area contributed by atoms with Crippen molar-refractivity contribution in [1.82, 2.24) is 19.8 Å². The highest BCUT2D eigenvalue weighted by molar-refractivity contribution is 5.81. The van der Waals surface area contributed by atoms with E-state index in [-0.39, 0.29) is 31.5 Å². The van der Waals surface area contributed by atoms with Crippen LogP contribution in [0.2, 0.25) is 0 Å². The smallest absolute Gasteiger partial charge is 0.333 e. The van der Waals surface area contributed by atoms with Gasteiger partial charge in [0, 0.05) is 18.8 Å². The summed E-state index contributed by atoms with van der Waals surface area (Å²) >= 11 is 0. The molecule has 1 saturated heterocycles. The zero-order valence-corrected chi connectivity index (χ0v) is 27.8. The Morgan fingerprint density at radius 2 is 1.72 bits per heavy atom. The SMILES string of the molecule is COc1ccc(Cn2c(=O)ccn([C@@H]3OC([C@H](O)[C@H](NCCCNC(=O)[C@@H](N)CC(C)C)C(=O)OC(C)(C)C)[C@@H](O)[C@H]3O)c2=O)cc1. The van der Waals surface area contributed by atoms with E-state index in [2.05, 4.69) is 10.6 Å². The molecule has 1 fully saturated rings. The standard InChI is InChI=1S/C32H49N5O10/c1-18(2)16-21(33)28(42)35-14-7-13-34-23(30(43)47-32(3,4)5)24(39)27-25(40)26(41)29(46-27)36-15-12-22(38)37(31(36)44)17-19-8-10-20(45-6)11-9-19/h8-12,15,18,21,23-27,29,34,39-41H,7,13-14,16-17,33H2,1-6H3,(H,35,42)/t21-,23-,24+,25-,26+,27?,29+/m0/s1. The molecule has 47 heavy (non-hydrogen) atoms. The van der Waals surface area contributed by atoms with Crippen molar-refractivity contribution < 1.29 is 39.1 Å². The number of amides is 1. The fourth-order valence-electron chi connectivity index (χ4n) is 5.18. The van der Waals surface area contributed by atoms with Crippen molar-refractivity contribution in [2.24, 2.45) is 11.7 Å². The first-order valence-electron chi connectivity index (χ1n) is 15.7. The van der Waals surface area contributed by atoms with Crippen LogP contribution in [-0.2, 0) is 25.6 Å². The second-order valence-electron chi connectivity index (χ2n) is 13.1. The van der Waals surface area contributed by atoms with Gasteiger partial charge < -0.3 is 45.9 Å². The summed E-state index contributed by atoms with van der Waals surface area (Å²) in [5.74, 6) is -0.285. The van der Waals surface area contributed by atoms with Gasteiger partial charge in [-0.15, -0.1) is 0 Å². The van der Waals surface area contributed by atoms with E-state index in [1.165, 1.54) is 7.11 Å². The van der Waals surface area contributed by atoms with Gasteiger partial charge >= 0.3 is 11.7 Å². The molecule has 15 nitrogen and oxygen atoms in total. The van der Waals surface area contributed by atoms with E-state index in [0.717, 1.165) is 21.4 Å². The number of nitrogens with zero attached hydrogens (tertiary/aromatic N) is 2. The lowest BCUT2D eigenvalue weighted by atomic mass is 9.99. The molecule has 7 atom stereocenters. The number of nitrogens with two attached hydrogens (primary N) is 1. The molecule has 1 unspecified atom stereocenters. The van der Waals surface area contributed by atoms with Crippen LogP contribution in [0.5, 0.6) is 5.75 Å². The molecule has 7 N–H and O–H groups in total. The molecule has 2 aromatic rings. The van der Waals surface area contributed by atoms with Crippen molar-refractivity contribution in [3.05, 3.63) is 62.9 Å². The van der Waals surface area contributed by atoms with E-state index >= 15 is 0 Å². The quantitative estimate of drug-likeness (QED) is 0.102. The fourth-order valence-corrected chi connectivity index (χ4v) is 5.18. The molecule has 2 heterocycles. The maximum absolute atomic E-state index is 13.4. The normalized spacial score (nSPS) is 21.7. The highest BCUT2D eigenvalue weighted by Gasteiger charge is 2.50. The van der Waals surface area contributed by atoms with E-state index < -0.39 is 65.5 Å². The monoisotopic (exact) mass is 663 g/mol. The molecule has 0 spiro atoms. The van der Waals surface area contributed by atoms with Crippen LogP contribution in [0.15, 0.2) is 46.1 Å². The van der Waals surface area contributed by atoms with Crippen LogP contribution in [0.4, 0.5) is 0 Å². The molecule has 1 aliphatic rings. The van der Waals surface area contributed by atoms with Gasteiger partial charge in [0.15, 0.2) is 6.23 Å². The Kier molecular flexibility index (Phi) is 13.3. The number of hydrogen-bond acceptors (Lipinski definition) is 12. The van der Waals surface area contributed by atoms with Gasteiger partial charge in [0.2, 0.25) is 5.91 Å². The van der Waals surface area contributed by atoms with Crippen LogP contribution in [0.3, 0.4) is 0 Å². The number of nitrogens with one attached hydrogen (secondary N) is 2. The van der Waals surface area contributed by atoms with Crippen molar-refractivity contribution in [2.45, 2.75) is 102 Å². The zero-order chi connectivity index (χ0) is 35.1. The Labute approximate surface area is 273 Å². The average molecular weight is 664 g/mol. The fraction of sp³-hybridized carbons (Fsp3) is 0.625. The Morgan fingerprint density at radius 3 is 2.32 bits per heavy atom. The van der Waals surface area contributed by atoms with Crippen LogP contribution in [0.25, 0.3) is 0 Å². The molecule has 1 aromatic carbocycles. The van der Waals surface area contributed by atoms with Crippen molar-refractivity contribution in [3.63, 3.8) is 0 Å². The minimum absolute atomic E-state index is 0.0886. The van der Waals surface area contributed by atoms with Gasteiger partial charge in [0.05, 0.1) is 19.7 Å². The highest BCUT2D eigenvalue weighted by atomic mass is 16.6. The lowest BCUT2D eigenvalue weighted by Crippen LogP contribution is -2.56. The van der Waals surface area contributed by atoms with E-state index in [4.69, 9.17) is 19.9 Å². The maximum Gasteiger partial charge on any atom is 0.333 e. The first kappa shape index (κ1) is 37.9. The predicted octanol–water partition coefficient (Wildman–Crippen LogP) is -0.773. The summed E-state index contributed by atoms with van der Waals surface area (Å²) in [4.78, 5) is 51.5. The topological polar surface area (TPSA) is 217 Å². The molecule has 1 aliphatic heterocycles. The lowest BCUT2D eigenvalue weighted by Gasteiger charge is -2.31. The highest BCUT2D eigenvalue weighted by Crippen LogP contribution is 2.31. The molecular formula is C32H49N5O10. The summed E-state index contributed by atoms with van der Waals surface area (Å²) in [5.41, 5.74) is 4.21. The van der Waals surface area contributed by atoms with Gasteiger partial charge in [0.25, 0.3) is 5.56 Å². The Morgan fingerprint density at radius 1 is 1.06 bits per heavy atom. The van der Waals surface area contributed by atoms with Gasteiger partial charge in [-0.25, -0.2) is 4.79 Å². The number of rotatable bonds is 15. The number of ether oxygens (including phenoxy) is 3. The minimum Gasteiger partial charge on any atom is -0.497 e. The summed E-state index contributed by atoms with van der Waals surface area (Å²) in [5, 5.41) is 38.9. The van der Waals surface area contributed by atoms with Crippen molar-refractivity contribution >= 4 is 11.9 Å².